The number of carbonyl (C=O) groups excluding carboxylic acids is 3. The Kier molecular flexibility index (Phi) is 9.38. The van der Waals surface area contributed by atoms with E-state index >= 15 is 0 Å². The topological polar surface area (TPSA) is 69.7 Å². The highest BCUT2D eigenvalue weighted by atomic mass is 16.5. The van der Waals surface area contributed by atoms with Gasteiger partial charge in [0.15, 0.2) is 0 Å². The van der Waals surface area contributed by atoms with E-state index in [0.29, 0.717) is 18.4 Å². The summed E-state index contributed by atoms with van der Waals surface area (Å²) in [7, 11) is 1.44. The van der Waals surface area contributed by atoms with E-state index in [2.05, 4.69) is 13.8 Å². The molecule has 0 saturated heterocycles. The Balaban J connectivity index is 0.00000105. The minimum atomic E-state index is -0.234. The van der Waals surface area contributed by atoms with Crippen LogP contribution in [0.5, 0.6) is 5.75 Å². The zero-order valence-electron chi connectivity index (χ0n) is 16.0. The minimum Gasteiger partial charge on any atom is -0.490 e. The Bertz CT molecular complexity index is 631. The van der Waals surface area contributed by atoms with Gasteiger partial charge in [0.25, 0.3) is 0 Å². The number of carbonyl (C=O) groups is 1. The molecule has 0 amide bonds. The molecule has 2 rings (SSSR count). The standard InChI is InChI=1S/C20H28O3.CO2/c1-14(2)15(3)19(20(21)22-4)13-16-9-11-18(12-10-16)23-17-7-5-6-8-17;2-1-3/h9-12,14,17H,5-8,13H2,1-4H3;/b19-15+;. The zero-order chi connectivity index (χ0) is 19.5. The molecule has 5 heteroatoms. The Morgan fingerprint density at radius 1 is 1.15 bits per heavy atom. The Hall–Kier alpha value is -2.39. The van der Waals surface area contributed by atoms with Crippen molar-refractivity contribution in [2.75, 3.05) is 7.11 Å². The van der Waals surface area contributed by atoms with Crippen LogP contribution >= 0.6 is 0 Å². The molecule has 5 nitrogen and oxygen atoms in total. The first-order chi connectivity index (χ1) is 12.4. The molecule has 0 unspecified atom stereocenters. The number of hydrogen-bond acceptors (Lipinski definition) is 5. The number of methoxy groups -OCH3 is 1. The van der Waals surface area contributed by atoms with Gasteiger partial charge in [0.1, 0.15) is 5.75 Å². The molecular formula is C21H28O5. The van der Waals surface area contributed by atoms with E-state index < -0.39 is 0 Å². The first-order valence-corrected chi connectivity index (χ1v) is 8.95. The predicted molar refractivity (Wildman–Crippen MR) is 97.6 cm³/mol. The maximum atomic E-state index is 12.1. The van der Waals surface area contributed by atoms with Crippen molar-refractivity contribution < 1.29 is 23.9 Å². The summed E-state index contributed by atoms with van der Waals surface area (Å²) in [5, 5.41) is 0. The van der Waals surface area contributed by atoms with Gasteiger partial charge in [-0.25, -0.2) is 4.79 Å². The summed E-state index contributed by atoms with van der Waals surface area (Å²) in [6.07, 6.45) is 6.07. The quantitative estimate of drug-likeness (QED) is 0.564. The molecule has 1 saturated carbocycles. The lowest BCUT2D eigenvalue weighted by Crippen LogP contribution is -2.12. The van der Waals surface area contributed by atoms with Crippen molar-refractivity contribution >= 4 is 12.1 Å². The average Bonchev–Trinajstić information content (AvgIpc) is 3.13. The fraction of sp³-hybridized carbons (Fsp3) is 0.524. The van der Waals surface area contributed by atoms with Crippen molar-refractivity contribution in [3.63, 3.8) is 0 Å². The van der Waals surface area contributed by atoms with E-state index in [1.807, 2.05) is 31.2 Å². The van der Waals surface area contributed by atoms with E-state index in [4.69, 9.17) is 19.1 Å². The molecule has 1 fully saturated rings. The van der Waals surface area contributed by atoms with Gasteiger partial charge < -0.3 is 9.47 Å². The SMILES string of the molecule is COC(=O)/C(Cc1ccc(OC2CCCC2)cc1)=C(\C)C(C)C.O=C=O. The van der Waals surface area contributed by atoms with Gasteiger partial charge in [0.2, 0.25) is 0 Å². The van der Waals surface area contributed by atoms with Crippen LogP contribution in [0.2, 0.25) is 0 Å². The fourth-order valence-electron chi connectivity index (χ4n) is 2.93. The minimum absolute atomic E-state index is 0.234. The van der Waals surface area contributed by atoms with Crippen LogP contribution in [0.15, 0.2) is 35.4 Å². The van der Waals surface area contributed by atoms with Crippen molar-refractivity contribution in [3.8, 4) is 5.75 Å². The Morgan fingerprint density at radius 3 is 2.15 bits per heavy atom. The lowest BCUT2D eigenvalue weighted by atomic mass is 9.94. The average molecular weight is 360 g/mol. The van der Waals surface area contributed by atoms with Crippen LogP contribution in [0.25, 0.3) is 0 Å². The molecule has 1 aromatic rings. The lowest BCUT2D eigenvalue weighted by molar-refractivity contribution is -0.191. The fourth-order valence-corrected chi connectivity index (χ4v) is 2.93. The Labute approximate surface area is 155 Å². The zero-order valence-corrected chi connectivity index (χ0v) is 16.0. The smallest absolute Gasteiger partial charge is 0.373 e. The van der Waals surface area contributed by atoms with Crippen LogP contribution in [-0.2, 0) is 25.5 Å². The molecular weight excluding hydrogens is 332 g/mol. The second-order valence-corrected chi connectivity index (χ2v) is 6.74. The summed E-state index contributed by atoms with van der Waals surface area (Å²) >= 11 is 0. The van der Waals surface area contributed by atoms with E-state index in [0.717, 1.165) is 35.3 Å². The molecule has 0 aliphatic heterocycles. The van der Waals surface area contributed by atoms with Crippen LogP contribution in [-0.4, -0.2) is 25.3 Å². The summed E-state index contributed by atoms with van der Waals surface area (Å²) in [6, 6.07) is 8.10. The highest BCUT2D eigenvalue weighted by molar-refractivity contribution is 5.89. The second-order valence-electron chi connectivity index (χ2n) is 6.74. The molecule has 142 valence electrons. The predicted octanol–water partition coefficient (Wildman–Crippen LogP) is 4.11. The molecule has 26 heavy (non-hydrogen) atoms. The van der Waals surface area contributed by atoms with Gasteiger partial charge in [-0.05, 0) is 56.2 Å². The summed E-state index contributed by atoms with van der Waals surface area (Å²) in [5.41, 5.74) is 2.94. The number of benzene rings is 1. The maximum absolute atomic E-state index is 12.1. The molecule has 0 bridgehead atoms. The molecule has 1 aliphatic carbocycles. The number of ether oxygens (including phenoxy) is 2. The Morgan fingerprint density at radius 2 is 1.69 bits per heavy atom. The number of rotatable bonds is 6. The van der Waals surface area contributed by atoms with Crippen molar-refractivity contribution in [2.24, 2.45) is 5.92 Å². The van der Waals surface area contributed by atoms with Crippen LogP contribution < -0.4 is 4.74 Å². The third kappa shape index (κ3) is 6.85. The maximum Gasteiger partial charge on any atom is 0.373 e. The van der Waals surface area contributed by atoms with Gasteiger partial charge in [-0.1, -0.05) is 31.6 Å². The first-order valence-electron chi connectivity index (χ1n) is 8.95. The lowest BCUT2D eigenvalue weighted by Gasteiger charge is -2.15. The molecule has 0 N–H and O–H groups in total. The van der Waals surface area contributed by atoms with Crippen molar-refractivity contribution in [2.45, 2.75) is 59.0 Å². The molecule has 0 spiro atoms. The highest BCUT2D eigenvalue weighted by Crippen LogP contribution is 2.25. The van der Waals surface area contributed by atoms with Gasteiger partial charge in [0.05, 0.1) is 13.2 Å². The van der Waals surface area contributed by atoms with Crippen LogP contribution in [0.1, 0.15) is 52.0 Å². The number of allylic oxidation sites excluding steroid dienone is 1. The van der Waals surface area contributed by atoms with Crippen molar-refractivity contribution in [1.29, 1.82) is 0 Å². The van der Waals surface area contributed by atoms with Gasteiger partial charge in [-0.2, -0.15) is 9.59 Å². The summed E-state index contributed by atoms with van der Waals surface area (Å²) in [4.78, 5) is 28.3. The number of hydrogen-bond donors (Lipinski definition) is 0. The van der Waals surface area contributed by atoms with Gasteiger partial charge in [0, 0.05) is 12.0 Å². The first kappa shape index (κ1) is 21.7. The molecule has 1 aliphatic rings. The monoisotopic (exact) mass is 360 g/mol. The number of esters is 1. The van der Waals surface area contributed by atoms with Crippen LogP contribution in [0.4, 0.5) is 0 Å². The summed E-state index contributed by atoms with van der Waals surface area (Å²) < 4.78 is 10.9. The highest BCUT2D eigenvalue weighted by Gasteiger charge is 2.18. The molecule has 0 aromatic heterocycles. The summed E-state index contributed by atoms with van der Waals surface area (Å²) in [6.45, 7) is 6.20. The van der Waals surface area contributed by atoms with Crippen LogP contribution in [0.3, 0.4) is 0 Å². The van der Waals surface area contributed by atoms with Crippen LogP contribution in [0, 0.1) is 5.92 Å². The van der Waals surface area contributed by atoms with E-state index in [-0.39, 0.29) is 12.1 Å². The van der Waals surface area contributed by atoms with Crippen molar-refractivity contribution in [1.82, 2.24) is 0 Å². The van der Waals surface area contributed by atoms with Gasteiger partial charge in [-0.3, -0.25) is 0 Å². The van der Waals surface area contributed by atoms with E-state index in [9.17, 15) is 4.79 Å². The second kappa shape index (κ2) is 11.3. The molecule has 0 atom stereocenters. The van der Waals surface area contributed by atoms with Crippen molar-refractivity contribution in [3.05, 3.63) is 41.0 Å². The molecule has 0 radical (unpaired) electrons. The normalized spacial score (nSPS) is 14.8. The van der Waals surface area contributed by atoms with E-state index in [1.165, 1.54) is 20.0 Å². The van der Waals surface area contributed by atoms with Gasteiger partial charge >= 0.3 is 12.1 Å². The summed E-state index contributed by atoms with van der Waals surface area (Å²) in [5.74, 6) is 1.02. The molecule has 1 aromatic carbocycles. The van der Waals surface area contributed by atoms with E-state index in [1.54, 1.807) is 0 Å². The third-order valence-corrected chi connectivity index (χ3v) is 4.68. The molecule has 0 heterocycles. The van der Waals surface area contributed by atoms with Gasteiger partial charge in [-0.15, -0.1) is 0 Å². The third-order valence-electron chi connectivity index (χ3n) is 4.68. The largest absolute Gasteiger partial charge is 0.490 e.